The fourth-order valence-electron chi connectivity index (χ4n) is 1.85. The first-order chi connectivity index (χ1) is 9.58. The molecule has 2 aromatic rings. The van der Waals surface area contributed by atoms with Gasteiger partial charge in [-0.2, -0.15) is 0 Å². The number of likely N-dealkylation sites (N-methyl/N-ethyl adjacent to an activating group) is 1. The van der Waals surface area contributed by atoms with Crippen LogP contribution in [0.15, 0.2) is 36.7 Å². The van der Waals surface area contributed by atoms with Gasteiger partial charge in [-0.25, -0.2) is 9.97 Å². The Morgan fingerprint density at radius 2 is 1.90 bits per heavy atom. The minimum Gasteiger partial charge on any atom is -0.335 e. The predicted octanol–water partition coefficient (Wildman–Crippen LogP) is 2.17. The zero-order valence-corrected chi connectivity index (χ0v) is 11.9. The molecule has 104 valence electrons. The molecule has 1 N–H and O–H groups in total. The van der Waals surface area contributed by atoms with Gasteiger partial charge in [0.25, 0.3) is 0 Å². The van der Waals surface area contributed by atoms with Gasteiger partial charge in [0.15, 0.2) is 0 Å². The molecule has 0 saturated carbocycles. The fraction of sp³-hybridized carbons (Fsp3) is 0.267. The minimum atomic E-state index is -0.0892. The molecular formula is C15H18N4O. The average molecular weight is 270 g/mol. The molecule has 0 bridgehead atoms. The normalized spacial score (nSPS) is 10.2. The number of nitrogens with one attached hydrogen (secondary N) is 1. The van der Waals surface area contributed by atoms with Crippen molar-refractivity contribution in [1.29, 1.82) is 0 Å². The Morgan fingerprint density at radius 1 is 1.20 bits per heavy atom. The number of hydrogen-bond donors (Lipinski definition) is 1. The lowest BCUT2D eigenvalue weighted by Gasteiger charge is -2.17. The first kappa shape index (κ1) is 14.0. The molecule has 0 aliphatic heterocycles. The molecule has 5 heteroatoms. The summed E-state index contributed by atoms with van der Waals surface area (Å²) in [7, 11) is 1.79. The van der Waals surface area contributed by atoms with Crippen molar-refractivity contribution in [1.82, 2.24) is 9.97 Å². The van der Waals surface area contributed by atoms with Crippen molar-refractivity contribution in [2.75, 3.05) is 23.8 Å². The van der Waals surface area contributed by atoms with Gasteiger partial charge in [0.2, 0.25) is 11.9 Å². The molecule has 0 aliphatic rings. The molecule has 1 amide bonds. The molecule has 2 rings (SSSR count). The second kappa shape index (κ2) is 6.14. The number of aryl methyl sites for hydroxylation is 1. The summed E-state index contributed by atoms with van der Waals surface area (Å²) in [5.41, 5.74) is 3.08. The number of nitrogens with zero attached hydrogens (tertiary/aromatic N) is 3. The summed E-state index contributed by atoms with van der Waals surface area (Å²) >= 11 is 0. The standard InChI is InChI=1S/C15H18N4O/c1-11-6-4-7-13(12(11)2)18-14(20)10-19(3)15-16-8-5-9-17-15/h4-9H,10H2,1-3H3,(H,18,20). The zero-order valence-electron chi connectivity index (χ0n) is 11.9. The van der Waals surface area contributed by atoms with Gasteiger partial charge in [-0.1, -0.05) is 12.1 Å². The monoisotopic (exact) mass is 270 g/mol. The van der Waals surface area contributed by atoms with Crippen LogP contribution in [0.1, 0.15) is 11.1 Å². The topological polar surface area (TPSA) is 58.1 Å². The van der Waals surface area contributed by atoms with Crippen molar-refractivity contribution in [3.8, 4) is 0 Å². The molecule has 1 aromatic carbocycles. The van der Waals surface area contributed by atoms with Crippen LogP contribution in [0.3, 0.4) is 0 Å². The van der Waals surface area contributed by atoms with E-state index in [0.29, 0.717) is 5.95 Å². The van der Waals surface area contributed by atoms with Crippen LogP contribution >= 0.6 is 0 Å². The molecule has 1 aromatic heterocycles. The van der Waals surface area contributed by atoms with E-state index in [-0.39, 0.29) is 12.5 Å². The molecule has 0 saturated heterocycles. The smallest absolute Gasteiger partial charge is 0.244 e. The van der Waals surface area contributed by atoms with Crippen molar-refractivity contribution in [3.63, 3.8) is 0 Å². The Balaban J connectivity index is 2.01. The lowest BCUT2D eigenvalue weighted by Crippen LogP contribution is -2.31. The van der Waals surface area contributed by atoms with E-state index in [1.165, 1.54) is 0 Å². The molecule has 0 atom stereocenters. The molecular weight excluding hydrogens is 252 g/mol. The van der Waals surface area contributed by atoms with Gasteiger partial charge >= 0.3 is 0 Å². The third-order valence-electron chi connectivity index (χ3n) is 3.15. The number of carbonyl (C=O) groups excluding carboxylic acids is 1. The van der Waals surface area contributed by atoms with E-state index in [0.717, 1.165) is 16.8 Å². The second-order valence-corrected chi connectivity index (χ2v) is 4.70. The highest BCUT2D eigenvalue weighted by Crippen LogP contribution is 2.17. The van der Waals surface area contributed by atoms with E-state index < -0.39 is 0 Å². The third kappa shape index (κ3) is 3.32. The van der Waals surface area contributed by atoms with Gasteiger partial charge in [-0.05, 0) is 37.1 Å². The van der Waals surface area contributed by atoms with Gasteiger partial charge in [0, 0.05) is 25.1 Å². The number of carbonyl (C=O) groups is 1. The van der Waals surface area contributed by atoms with Crippen molar-refractivity contribution < 1.29 is 4.79 Å². The van der Waals surface area contributed by atoms with Crippen molar-refractivity contribution in [3.05, 3.63) is 47.8 Å². The summed E-state index contributed by atoms with van der Waals surface area (Å²) in [5.74, 6) is 0.442. The Labute approximate surface area is 118 Å². The summed E-state index contributed by atoms with van der Waals surface area (Å²) in [4.78, 5) is 22.0. The summed E-state index contributed by atoms with van der Waals surface area (Å²) < 4.78 is 0. The highest BCUT2D eigenvalue weighted by molar-refractivity contribution is 5.94. The zero-order chi connectivity index (χ0) is 14.5. The fourth-order valence-corrected chi connectivity index (χ4v) is 1.85. The molecule has 5 nitrogen and oxygen atoms in total. The lowest BCUT2D eigenvalue weighted by atomic mass is 10.1. The Hall–Kier alpha value is -2.43. The van der Waals surface area contributed by atoms with Crippen molar-refractivity contribution >= 4 is 17.5 Å². The number of benzene rings is 1. The maximum atomic E-state index is 12.1. The maximum Gasteiger partial charge on any atom is 0.244 e. The van der Waals surface area contributed by atoms with Gasteiger partial charge < -0.3 is 10.2 Å². The van der Waals surface area contributed by atoms with Gasteiger partial charge in [0.05, 0.1) is 6.54 Å². The molecule has 1 heterocycles. The van der Waals surface area contributed by atoms with E-state index in [4.69, 9.17) is 0 Å². The van der Waals surface area contributed by atoms with Crippen LogP contribution in [0.2, 0.25) is 0 Å². The second-order valence-electron chi connectivity index (χ2n) is 4.70. The summed E-state index contributed by atoms with van der Waals surface area (Å²) in [5, 5.41) is 2.92. The third-order valence-corrected chi connectivity index (χ3v) is 3.15. The van der Waals surface area contributed by atoms with Crippen LogP contribution in [0.25, 0.3) is 0 Å². The van der Waals surface area contributed by atoms with E-state index in [9.17, 15) is 4.79 Å². The molecule has 0 fully saturated rings. The highest BCUT2D eigenvalue weighted by atomic mass is 16.2. The van der Waals surface area contributed by atoms with Crippen LogP contribution < -0.4 is 10.2 Å². The summed E-state index contributed by atoms with van der Waals surface area (Å²) in [6, 6.07) is 7.60. The first-order valence-electron chi connectivity index (χ1n) is 6.42. The summed E-state index contributed by atoms with van der Waals surface area (Å²) in [6.07, 6.45) is 3.31. The predicted molar refractivity (Wildman–Crippen MR) is 79.8 cm³/mol. The van der Waals surface area contributed by atoms with Crippen molar-refractivity contribution in [2.24, 2.45) is 0 Å². The Bertz CT molecular complexity index is 598. The summed E-state index contributed by atoms with van der Waals surface area (Å²) in [6.45, 7) is 4.22. The van der Waals surface area contributed by atoms with E-state index >= 15 is 0 Å². The number of amides is 1. The molecule has 0 spiro atoms. The van der Waals surface area contributed by atoms with Gasteiger partial charge in [-0.3, -0.25) is 4.79 Å². The van der Waals surface area contributed by atoms with Crippen LogP contribution in [0.5, 0.6) is 0 Å². The number of hydrogen-bond acceptors (Lipinski definition) is 4. The SMILES string of the molecule is Cc1cccc(NC(=O)CN(C)c2ncccn2)c1C. The van der Waals surface area contributed by atoms with Gasteiger partial charge in [0.1, 0.15) is 0 Å². The molecule has 0 aliphatic carbocycles. The average Bonchev–Trinajstić information content (AvgIpc) is 2.45. The lowest BCUT2D eigenvalue weighted by molar-refractivity contribution is -0.114. The number of rotatable bonds is 4. The number of anilines is 2. The quantitative estimate of drug-likeness (QED) is 0.925. The van der Waals surface area contributed by atoms with E-state index in [2.05, 4.69) is 15.3 Å². The van der Waals surface area contributed by atoms with Crippen LogP contribution in [0.4, 0.5) is 11.6 Å². The minimum absolute atomic E-state index is 0.0892. The molecule has 0 radical (unpaired) electrons. The highest BCUT2D eigenvalue weighted by Gasteiger charge is 2.10. The van der Waals surface area contributed by atoms with E-state index in [1.807, 2.05) is 32.0 Å². The Kier molecular flexibility index (Phi) is 4.30. The van der Waals surface area contributed by atoms with Crippen LogP contribution in [-0.4, -0.2) is 29.5 Å². The van der Waals surface area contributed by atoms with Crippen LogP contribution in [0, 0.1) is 13.8 Å². The Morgan fingerprint density at radius 3 is 2.60 bits per heavy atom. The van der Waals surface area contributed by atoms with E-state index in [1.54, 1.807) is 30.4 Å². The van der Waals surface area contributed by atoms with Crippen LogP contribution in [-0.2, 0) is 4.79 Å². The van der Waals surface area contributed by atoms with Crippen molar-refractivity contribution in [2.45, 2.75) is 13.8 Å². The maximum absolute atomic E-state index is 12.1. The number of aromatic nitrogens is 2. The van der Waals surface area contributed by atoms with Gasteiger partial charge in [-0.15, -0.1) is 0 Å². The largest absolute Gasteiger partial charge is 0.335 e. The molecule has 0 unspecified atom stereocenters. The molecule has 20 heavy (non-hydrogen) atoms. The first-order valence-corrected chi connectivity index (χ1v) is 6.42.